The average molecular weight is 357 g/mol. The summed E-state index contributed by atoms with van der Waals surface area (Å²) in [5.41, 5.74) is 2.96. The predicted octanol–water partition coefficient (Wildman–Crippen LogP) is 4.35. The molecule has 0 bridgehead atoms. The molecule has 1 N–H and O–H groups in total. The lowest BCUT2D eigenvalue weighted by atomic mass is 10.0. The third-order valence-corrected chi connectivity index (χ3v) is 4.71. The first kappa shape index (κ1) is 20.2. The van der Waals surface area contributed by atoms with Crippen molar-refractivity contribution in [3.63, 3.8) is 0 Å². The van der Waals surface area contributed by atoms with Crippen LogP contribution in [0.25, 0.3) is 0 Å². The molecule has 0 aliphatic carbocycles. The second-order valence-electron chi connectivity index (χ2n) is 7.04. The van der Waals surface area contributed by atoms with Gasteiger partial charge in [0.1, 0.15) is 6.26 Å². The number of carbonyl (C=O) groups excluding carboxylic acids is 1. The van der Waals surface area contributed by atoms with Gasteiger partial charge in [-0.05, 0) is 37.3 Å². The van der Waals surface area contributed by atoms with E-state index in [1.807, 2.05) is 6.92 Å². The van der Waals surface area contributed by atoms with Crippen LogP contribution in [0.3, 0.4) is 0 Å². The van der Waals surface area contributed by atoms with Gasteiger partial charge in [-0.3, -0.25) is 9.69 Å². The van der Waals surface area contributed by atoms with E-state index in [-0.39, 0.29) is 5.91 Å². The first-order valence-electron chi connectivity index (χ1n) is 9.50. The molecule has 2 aromatic rings. The minimum absolute atomic E-state index is 0.193. The second kappa shape index (κ2) is 9.53. The Balaban J connectivity index is 2.09. The Morgan fingerprint density at radius 2 is 1.85 bits per heavy atom. The molecule has 1 aromatic heterocycles. The van der Waals surface area contributed by atoms with Crippen LogP contribution in [-0.4, -0.2) is 28.4 Å². The highest BCUT2D eigenvalue weighted by Gasteiger charge is 2.18. The van der Waals surface area contributed by atoms with E-state index in [4.69, 9.17) is 4.42 Å². The van der Waals surface area contributed by atoms with Gasteiger partial charge in [-0.2, -0.15) is 0 Å². The van der Waals surface area contributed by atoms with Crippen molar-refractivity contribution < 1.29 is 9.21 Å². The molecule has 5 nitrogen and oxygen atoms in total. The summed E-state index contributed by atoms with van der Waals surface area (Å²) in [5.74, 6) is 0.918. The van der Waals surface area contributed by atoms with Gasteiger partial charge in [0.25, 0.3) is 5.91 Å². The number of benzene rings is 1. The maximum absolute atomic E-state index is 11.9. The Labute approximate surface area is 156 Å². The van der Waals surface area contributed by atoms with E-state index in [0.717, 1.165) is 13.0 Å². The molecule has 26 heavy (non-hydrogen) atoms. The van der Waals surface area contributed by atoms with Gasteiger partial charge in [0.15, 0.2) is 5.69 Å². The van der Waals surface area contributed by atoms with Crippen LogP contribution in [0.2, 0.25) is 0 Å². The molecule has 1 amide bonds. The molecule has 0 aliphatic rings. The number of rotatable bonds is 9. The number of oxazole rings is 1. The van der Waals surface area contributed by atoms with Crippen molar-refractivity contribution in [1.29, 1.82) is 0 Å². The topological polar surface area (TPSA) is 58.4 Å². The molecule has 0 unspecified atom stereocenters. The van der Waals surface area contributed by atoms with Gasteiger partial charge in [-0.25, -0.2) is 4.98 Å². The van der Waals surface area contributed by atoms with Crippen LogP contribution in [-0.2, 0) is 13.1 Å². The number of hydrogen-bond acceptors (Lipinski definition) is 4. The summed E-state index contributed by atoms with van der Waals surface area (Å²) >= 11 is 0. The summed E-state index contributed by atoms with van der Waals surface area (Å²) in [4.78, 5) is 18.5. The van der Waals surface area contributed by atoms with Crippen LogP contribution in [0.4, 0.5) is 0 Å². The monoisotopic (exact) mass is 357 g/mol. The summed E-state index contributed by atoms with van der Waals surface area (Å²) in [6.45, 7) is 12.7. The molecule has 1 atom stereocenters. The lowest BCUT2D eigenvalue weighted by Crippen LogP contribution is -2.32. The fraction of sp³-hybridized carbons (Fsp3) is 0.524. The van der Waals surface area contributed by atoms with Crippen molar-refractivity contribution in [2.45, 2.75) is 66.1 Å². The van der Waals surface area contributed by atoms with Crippen LogP contribution in [0.1, 0.15) is 74.5 Å². The molecule has 0 saturated heterocycles. The summed E-state index contributed by atoms with van der Waals surface area (Å²) < 4.78 is 5.53. The zero-order chi connectivity index (χ0) is 19.1. The van der Waals surface area contributed by atoms with Crippen LogP contribution in [0.5, 0.6) is 0 Å². The normalized spacial score (nSPS) is 12.6. The maximum atomic E-state index is 11.9. The minimum Gasteiger partial charge on any atom is -0.447 e. The Kier molecular flexibility index (Phi) is 7.39. The summed E-state index contributed by atoms with van der Waals surface area (Å²) in [7, 11) is 0. The number of hydrogen-bond donors (Lipinski definition) is 1. The Bertz CT molecular complexity index is 692. The predicted molar refractivity (Wildman–Crippen MR) is 104 cm³/mol. The summed E-state index contributed by atoms with van der Waals surface area (Å²) in [5, 5.41) is 2.74. The molecule has 0 aliphatic heterocycles. The number of aromatic nitrogens is 1. The average Bonchev–Trinajstić information content (AvgIpc) is 3.10. The summed E-state index contributed by atoms with van der Waals surface area (Å²) in [6.07, 6.45) is 2.47. The Morgan fingerprint density at radius 3 is 2.42 bits per heavy atom. The molecule has 0 saturated carbocycles. The zero-order valence-corrected chi connectivity index (χ0v) is 16.6. The SMILES string of the molecule is CCNC(=O)c1coc(CN(Cc2ccc(C(C)C)cc2)[C@@H](C)CC)n1. The van der Waals surface area contributed by atoms with E-state index in [9.17, 15) is 4.79 Å². The van der Waals surface area contributed by atoms with Gasteiger partial charge in [0.2, 0.25) is 5.89 Å². The molecule has 142 valence electrons. The molecule has 5 heteroatoms. The quantitative estimate of drug-likeness (QED) is 0.725. The number of carbonyl (C=O) groups is 1. The summed E-state index contributed by atoms with van der Waals surface area (Å²) in [6, 6.07) is 9.18. The molecular formula is C21H31N3O2. The van der Waals surface area contributed by atoms with Crippen molar-refractivity contribution in [3.8, 4) is 0 Å². The third kappa shape index (κ3) is 5.43. The van der Waals surface area contributed by atoms with Crippen LogP contribution in [0, 0.1) is 0 Å². The fourth-order valence-corrected chi connectivity index (χ4v) is 2.78. The van der Waals surface area contributed by atoms with Gasteiger partial charge in [-0.15, -0.1) is 0 Å². The lowest BCUT2D eigenvalue weighted by Gasteiger charge is -2.27. The van der Waals surface area contributed by atoms with Crippen molar-refractivity contribution in [1.82, 2.24) is 15.2 Å². The van der Waals surface area contributed by atoms with Gasteiger partial charge >= 0.3 is 0 Å². The Hall–Kier alpha value is -2.14. The maximum Gasteiger partial charge on any atom is 0.273 e. The molecule has 2 rings (SSSR count). The standard InChI is InChI=1S/C21H31N3O2/c1-6-16(5)24(12-17-8-10-18(11-9-17)15(3)4)13-20-23-19(14-26-20)21(25)22-7-2/h8-11,14-16H,6-7,12-13H2,1-5H3,(H,22,25)/t16-/m0/s1. The largest absolute Gasteiger partial charge is 0.447 e. The lowest BCUT2D eigenvalue weighted by molar-refractivity contribution is 0.0950. The minimum atomic E-state index is -0.193. The highest BCUT2D eigenvalue weighted by Crippen LogP contribution is 2.18. The van der Waals surface area contributed by atoms with Crippen LogP contribution in [0.15, 0.2) is 34.9 Å². The van der Waals surface area contributed by atoms with Gasteiger partial charge < -0.3 is 9.73 Å². The second-order valence-corrected chi connectivity index (χ2v) is 7.04. The third-order valence-electron chi connectivity index (χ3n) is 4.71. The van der Waals surface area contributed by atoms with Gasteiger partial charge in [0, 0.05) is 19.1 Å². The first-order valence-corrected chi connectivity index (χ1v) is 9.50. The first-order chi connectivity index (χ1) is 12.4. The van der Waals surface area contributed by atoms with E-state index in [0.29, 0.717) is 36.6 Å². The zero-order valence-electron chi connectivity index (χ0n) is 16.6. The number of nitrogens with zero attached hydrogens (tertiary/aromatic N) is 2. The fourth-order valence-electron chi connectivity index (χ4n) is 2.78. The molecule has 1 aromatic carbocycles. The van der Waals surface area contributed by atoms with Crippen molar-refractivity contribution in [3.05, 3.63) is 53.2 Å². The van der Waals surface area contributed by atoms with E-state index in [1.54, 1.807) is 0 Å². The van der Waals surface area contributed by atoms with Gasteiger partial charge in [0.05, 0.1) is 6.54 Å². The van der Waals surface area contributed by atoms with Crippen LogP contribution >= 0.6 is 0 Å². The van der Waals surface area contributed by atoms with E-state index in [1.165, 1.54) is 17.4 Å². The smallest absolute Gasteiger partial charge is 0.273 e. The van der Waals surface area contributed by atoms with Crippen molar-refractivity contribution in [2.24, 2.45) is 0 Å². The van der Waals surface area contributed by atoms with Gasteiger partial charge in [-0.1, -0.05) is 45.0 Å². The van der Waals surface area contributed by atoms with Crippen LogP contribution < -0.4 is 5.32 Å². The van der Waals surface area contributed by atoms with E-state index < -0.39 is 0 Å². The molecule has 0 fully saturated rings. The molecular weight excluding hydrogens is 326 g/mol. The van der Waals surface area contributed by atoms with E-state index >= 15 is 0 Å². The van der Waals surface area contributed by atoms with Crippen molar-refractivity contribution >= 4 is 5.91 Å². The molecule has 1 heterocycles. The highest BCUT2D eigenvalue weighted by molar-refractivity contribution is 5.91. The highest BCUT2D eigenvalue weighted by atomic mass is 16.3. The Morgan fingerprint density at radius 1 is 1.15 bits per heavy atom. The van der Waals surface area contributed by atoms with Crippen molar-refractivity contribution in [2.75, 3.05) is 6.54 Å². The number of nitrogens with one attached hydrogen (secondary N) is 1. The molecule has 0 spiro atoms. The molecule has 0 radical (unpaired) electrons. The number of amides is 1. The van der Waals surface area contributed by atoms with E-state index in [2.05, 4.69) is 67.2 Å².